The third-order valence-electron chi connectivity index (χ3n) is 3.87. The molecule has 1 amide bonds. The minimum atomic E-state index is -0.784. The Morgan fingerprint density at radius 1 is 1.33 bits per heavy atom. The Morgan fingerprint density at radius 2 is 2.14 bits per heavy atom. The van der Waals surface area contributed by atoms with Gasteiger partial charge in [0.15, 0.2) is 5.82 Å². The van der Waals surface area contributed by atoms with Gasteiger partial charge in [0.1, 0.15) is 12.7 Å². The zero-order chi connectivity index (χ0) is 14.7. The fraction of sp³-hybridized carbons (Fsp3) is 0.429. The van der Waals surface area contributed by atoms with E-state index in [1.807, 2.05) is 0 Å². The molecule has 1 aliphatic carbocycles. The van der Waals surface area contributed by atoms with Crippen molar-refractivity contribution >= 4 is 11.6 Å². The highest BCUT2D eigenvalue weighted by Gasteiger charge is 2.35. The average Bonchev–Trinajstić information content (AvgIpc) is 3.02. The van der Waals surface area contributed by atoms with E-state index < -0.39 is 5.54 Å². The molecule has 1 saturated carbocycles. The van der Waals surface area contributed by atoms with Crippen molar-refractivity contribution in [3.05, 3.63) is 31.0 Å². The van der Waals surface area contributed by atoms with Gasteiger partial charge in [0.05, 0.1) is 11.2 Å². The van der Waals surface area contributed by atoms with Crippen molar-refractivity contribution in [1.82, 2.24) is 19.7 Å². The number of nitrogens with zero attached hydrogens (tertiary/aromatic N) is 4. The van der Waals surface area contributed by atoms with Crippen LogP contribution in [0.1, 0.15) is 32.1 Å². The molecule has 2 heterocycles. The van der Waals surface area contributed by atoms with Crippen molar-refractivity contribution in [3.63, 3.8) is 0 Å². The molecule has 3 N–H and O–H groups in total. The molecule has 21 heavy (non-hydrogen) atoms. The molecular weight excluding hydrogens is 268 g/mol. The second-order valence-electron chi connectivity index (χ2n) is 5.39. The van der Waals surface area contributed by atoms with Crippen LogP contribution < -0.4 is 11.1 Å². The van der Waals surface area contributed by atoms with Gasteiger partial charge in [0, 0.05) is 6.20 Å². The number of nitrogens with two attached hydrogens (primary N) is 1. The van der Waals surface area contributed by atoms with Crippen LogP contribution in [0.3, 0.4) is 0 Å². The molecule has 7 nitrogen and oxygen atoms in total. The van der Waals surface area contributed by atoms with Crippen LogP contribution in [0.15, 0.2) is 31.0 Å². The topological polar surface area (TPSA) is 98.7 Å². The third-order valence-corrected chi connectivity index (χ3v) is 3.87. The van der Waals surface area contributed by atoms with E-state index in [0.29, 0.717) is 11.5 Å². The fourth-order valence-corrected chi connectivity index (χ4v) is 2.65. The van der Waals surface area contributed by atoms with Gasteiger partial charge in [-0.3, -0.25) is 4.79 Å². The first kappa shape index (κ1) is 13.7. The third kappa shape index (κ3) is 2.78. The number of amides is 1. The second kappa shape index (κ2) is 5.61. The molecule has 0 unspecified atom stereocenters. The molecule has 7 heteroatoms. The minimum absolute atomic E-state index is 0.156. The molecule has 1 aliphatic rings. The molecule has 2 aromatic rings. The Kier molecular flexibility index (Phi) is 3.66. The van der Waals surface area contributed by atoms with Crippen LogP contribution in [0, 0.1) is 0 Å². The molecule has 0 spiro atoms. The maximum Gasteiger partial charge on any atom is 0.244 e. The van der Waals surface area contributed by atoms with Crippen LogP contribution in [0.2, 0.25) is 0 Å². The predicted octanol–water partition coefficient (Wildman–Crippen LogP) is 1.26. The lowest BCUT2D eigenvalue weighted by molar-refractivity contribution is -0.122. The lowest BCUT2D eigenvalue weighted by Gasteiger charge is -2.31. The molecule has 0 saturated heterocycles. The van der Waals surface area contributed by atoms with Crippen molar-refractivity contribution in [1.29, 1.82) is 0 Å². The van der Waals surface area contributed by atoms with Gasteiger partial charge in [-0.2, -0.15) is 5.10 Å². The van der Waals surface area contributed by atoms with Crippen LogP contribution in [-0.4, -0.2) is 31.2 Å². The number of hydrogen-bond donors (Lipinski definition) is 2. The molecule has 0 aliphatic heterocycles. The summed E-state index contributed by atoms with van der Waals surface area (Å²) in [5, 5.41) is 6.94. The Morgan fingerprint density at radius 3 is 2.86 bits per heavy atom. The summed E-state index contributed by atoms with van der Waals surface area (Å²) in [6, 6.07) is 3.55. The van der Waals surface area contributed by atoms with Crippen LogP contribution >= 0.6 is 0 Å². The van der Waals surface area contributed by atoms with E-state index in [9.17, 15) is 4.79 Å². The van der Waals surface area contributed by atoms with E-state index in [1.54, 1.807) is 18.3 Å². The average molecular weight is 286 g/mol. The number of rotatable bonds is 3. The number of pyridine rings is 1. The second-order valence-corrected chi connectivity index (χ2v) is 5.39. The molecule has 0 atom stereocenters. The van der Waals surface area contributed by atoms with Crippen molar-refractivity contribution in [2.75, 3.05) is 5.32 Å². The predicted molar refractivity (Wildman–Crippen MR) is 77.8 cm³/mol. The monoisotopic (exact) mass is 286 g/mol. The van der Waals surface area contributed by atoms with Crippen LogP contribution in [-0.2, 0) is 4.79 Å². The summed E-state index contributed by atoms with van der Waals surface area (Å²) in [4.78, 5) is 20.6. The van der Waals surface area contributed by atoms with Crippen molar-refractivity contribution < 1.29 is 4.79 Å². The van der Waals surface area contributed by atoms with Gasteiger partial charge in [-0.25, -0.2) is 14.6 Å². The SMILES string of the molecule is NC1(C(=O)Nc2cccnc2-n2cncn2)CCCCC1. The summed E-state index contributed by atoms with van der Waals surface area (Å²) < 4.78 is 1.51. The van der Waals surface area contributed by atoms with Gasteiger partial charge in [0.2, 0.25) is 5.91 Å². The fourth-order valence-electron chi connectivity index (χ4n) is 2.65. The number of aromatic nitrogens is 4. The van der Waals surface area contributed by atoms with E-state index in [0.717, 1.165) is 32.1 Å². The highest BCUT2D eigenvalue weighted by molar-refractivity contribution is 5.99. The van der Waals surface area contributed by atoms with Crippen molar-refractivity contribution in [2.45, 2.75) is 37.6 Å². The Balaban J connectivity index is 1.83. The summed E-state index contributed by atoms with van der Waals surface area (Å²) in [7, 11) is 0. The lowest BCUT2D eigenvalue weighted by atomic mass is 9.82. The first-order valence-electron chi connectivity index (χ1n) is 7.09. The van der Waals surface area contributed by atoms with Gasteiger partial charge in [-0.1, -0.05) is 19.3 Å². The smallest absolute Gasteiger partial charge is 0.244 e. The van der Waals surface area contributed by atoms with Gasteiger partial charge >= 0.3 is 0 Å². The Bertz CT molecular complexity index is 618. The molecule has 1 fully saturated rings. The van der Waals surface area contributed by atoms with Crippen molar-refractivity contribution in [2.24, 2.45) is 5.73 Å². The summed E-state index contributed by atoms with van der Waals surface area (Å²) in [5.74, 6) is 0.374. The van der Waals surface area contributed by atoms with Gasteiger partial charge < -0.3 is 11.1 Å². The molecule has 3 rings (SSSR count). The first-order valence-corrected chi connectivity index (χ1v) is 7.09. The molecule has 0 bridgehead atoms. The van der Waals surface area contributed by atoms with E-state index in [2.05, 4.69) is 20.4 Å². The van der Waals surface area contributed by atoms with Crippen LogP contribution in [0.4, 0.5) is 5.69 Å². The summed E-state index contributed by atoms with van der Waals surface area (Å²) in [6.07, 6.45) is 9.17. The summed E-state index contributed by atoms with van der Waals surface area (Å²) in [6.45, 7) is 0. The zero-order valence-electron chi connectivity index (χ0n) is 11.7. The Labute approximate surface area is 122 Å². The first-order chi connectivity index (χ1) is 10.2. The molecule has 0 radical (unpaired) electrons. The summed E-state index contributed by atoms with van der Waals surface area (Å²) in [5.41, 5.74) is 6.05. The van der Waals surface area contributed by atoms with Gasteiger partial charge in [-0.15, -0.1) is 0 Å². The van der Waals surface area contributed by atoms with Crippen molar-refractivity contribution in [3.8, 4) is 5.82 Å². The highest BCUT2D eigenvalue weighted by atomic mass is 16.2. The molecule has 0 aromatic carbocycles. The largest absolute Gasteiger partial charge is 0.321 e. The maximum atomic E-state index is 12.5. The molecule has 2 aromatic heterocycles. The number of carbonyl (C=O) groups excluding carboxylic acids is 1. The van der Waals surface area contributed by atoms with E-state index in [1.165, 1.54) is 17.3 Å². The number of carbonyl (C=O) groups is 1. The number of nitrogens with one attached hydrogen (secondary N) is 1. The summed E-state index contributed by atoms with van der Waals surface area (Å²) >= 11 is 0. The van der Waals surface area contributed by atoms with Gasteiger partial charge in [0.25, 0.3) is 0 Å². The normalized spacial score (nSPS) is 17.4. The molecule has 110 valence electrons. The van der Waals surface area contributed by atoms with E-state index >= 15 is 0 Å². The number of hydrogen-bond acceptors (Lipinski definition) is 5. The lowest BCUT2D eigenvalue weighted by Crippen LogP contribution is -2.52. The minimum Gasteiger partial charge on any atom is -0.321 e. The standard InChI is InChI=1S/C14H18N6O/c15-14(6-2-1-3-7-14)13(21)19-11-5-4-8-17-12(11)20-10-16-9-18-20/h4-5,8-10H,1-3,6-7,15H2,(H,19,21). The van der Waals surface area contributed by atoms with Crippen LogP contribution in [0.25, 0.3) is 5.82 Å². The zero-order valence-corrected chi connectivity index (χ0v) is 11.7. The quantitative estimate of drug-likeness (QED) is 0.885. The van der Waals surface area contributed by atoms with Crippen LogP contribution in [0.5, 0.6) is 0 Å². The van der Waals surface area contributed by atoms with E-state index in [-0.39, 0.29) is 5.91 Å². The van der Waals surface area contributed by atoms with Gasteiger partial charge in [-0.05, 0) is 25.0 Å². The number of anilines is 1. The highest BCUT2D eigenvalue weighted by Crippen LogP contribution is 2.28. The van der Waals surface area contributed by atoms with E-state index in [4.69, 9.17) is 5.73 Å². The maximum absolute atomic E-state index is 12.5. The molecular formula is C14H18N6O. The Hall–Kier alpha value is -2.28.